The number of fused-ring (bicyclic) bond motifs is 1. The summed E-state index contributed by atoms with van der Waals surface area (Å²) in [7, 11) is 1.61. The Hall–Kier alpha value is -2.21. The van der Waals surface area contributed by atoms with E-state index in [1.54, 1.807) is 13.1 Å². The Morgan fingerprint density at radius 2 is 1.96 bits per heavy atom. The number of aromatic nitrogens is 2. The van der Waals surface area contributed by atoms with Crippen LogP contribution in [0.15, 0.2) is 29.1 Å². The van der Waals surface area contributed by atoms with Gasteiger partial charge in [-0.2, -0.15) is 5.10 Å². The van der Waals surface area contributed by atoms with Crippen LogP contribution in [0.1, 0.15) is 44.2 Å². The number of ether oxygens (including phenoxy) is 1. The molecule has 3 rings (SSSR count). The lowest BCUT2D eigenvalue weighted by atomic mass is 9.98. The summed E-state index contributed by atoms with van der Waals surface area (Å²) in [6.07, 6.45) is 7.56. The molecule has 0 radical (unpaired) electrons. The molecule has 1 aliphatic carbocycles. The van der Waals surface area contributed by atoms with Gasteiger partial charge >= 0.3 is 0 Å². The van der Waals surface area contributed by atoms with Crippen LogP contribution in [-0.4, -0.2) is 34.9 Å². The number of nitrogens with zero attached hydrogens (tertiary/aromatic N) is 2. The highest BCUT2D eigenvalue weighted by Gasteiger charge is 2.14. The van der Waals surface area contributed by atoms with Crippen molar-refractivity contribution >= 4 is 16.7 Å². The lowest BCUT2D eigenvalue weighted by molar-refractivity contribution is -0.120. The summed E-state index contributed by atoms with van der Waals surface area (Å²) < 4.78 is 7.16. The van der Waals surface area contributed by atoms with E-state index in [9.17, 15) is 9.59 Å². The van der Waals surface area contributed by atoms with Crippen LogP contribution in [-0.2, 0) is 23.0 Å². The van der Waals surface area contributed by atoms with Crippen molar-refractivity contribution in [1.82, 2.24) is 15.1 Å². The zero-order chi connectivity index (χ0) is 18.4. The summed E-state index contributed by atoms with van der Waals surface area (Å²) in [4.78, 5) is 24.4. The van der Waals surface area contributed by atoms with Crippen LogP contribution < -0.4 is 10.9 Å². The van der Waals surface area contributed by atoms with Gasteiger partial charge in [-0.25, -0.2) is 4.68 Å². The Bertz CT molecular complexity index is 810. The van der Waals surface area contributed by atoms with Gasteiger partial charge in [0.05, 0.1) is 23.6 Å². The molecular weight excluding hydrogens is 330 g/mol. The molecule has 0 saturated heterocycles. The molecule has 1 heterocycles. The van der Waals surface area contributed by atoms with Gasteiger partial charge in [-0.3, -0.25) is 9.59 Å². The van der Waals surface area contributed by atoms with Crippen LogP contribution in [0.25, 0.3) is 10.8 Å². The smallest absolute Gasteiger partial charge is 0.274 e. The summed E-state index contributed by atoms with van der Waals surface area (Å²) in [5.41, 5.74) is 0.475. The molecule has 1 saturated carbocycles. The van der Waals surface area contributed by atoms with Crippen molar-refractivity contribution in [2.75, 3.05) is 13.2 Å². The minimum atomic E-state index is -0.149. The third kappa shape index (κ3) is 4.69. The first-order valence-electron chi connectivity index (χ1n) is 9.48. The maximum absolute atomic E-state index is 12.2. The molecule has 0 unspecified atom stereocenters. The van der Waals surface area contributed by atoms with Gasteiger partial charge in [-0.1, -0.05) is 37.5 Å². The average molecular weight is 357 g/mol. The van der Waals surface area contributed by atoms with Gasteiger partial charge in [0, 0.05) is 25.6 Å². The third-order valence-corrected chi connectivity index (χ3v) is 4.91. The molecule has 140 valence electrons. The van der Waals surface area contributed by atoms with E-state index in [0.717, 1.165) is 24.6 Å². The maximum Gasteiger partial charge on any atom is 0.274 e. The van der Waals surface area contributed by atoms with Crippen molar-refractivity contribution in [1.29, 1.82) is 0 Å². The predicted molar refractivity (Wildman–Crippen MR) is 101 cm³/mol. The number of amides is 1. The molecule has 26 heavy (non-hydrogen) atoms. The van der Waals surface area contributed by atoms with Crippen molar-refractivity contribution in [3.8, 4) is 0 Å². The largest absolute Gasteiger partial charge is 0.378 e. The minimum absolute atomic E-state index is 0.0843. The molecule has 1 fully saturated rings. The van der Waals surface area contributed by atoms with Crippen molar-refractivity contribution in [2.45, 2.75) is 51.0 Å². The first kappa shape index (κ1) is 18.6. The molecule has 1 aromatic heterocycles. The Morgan fingerprint density at radius 1 is 1.23 bits per heavy atom. The summed E-state index contributed by atoms with van der Waals surface area (Å²) in [5.74, 6) is -0.0843. The highest BCUT2D eigenvalue weighted by Crippen LogP contribution is 2.20. The van der Waals surface area contributed by atoms with Crippen LogP contribution >= 0.6 is 0 Å². The SMILES string of the molecule is Cn1nc(CC(=O)NCCCOC2CCCCC2)c2ccccc2c1=O. The van der Waals surface area contributed by atoms with Crippen LogP contribution in [0, 0.1) is 0 Å². The average Bonchev–Trinajstić information content (AvgIpc) is 2.66. The van der Waals surface area contributed by atoms with Crippen LogP contribution in [0.5, 0.6) is 0 Å². The number of nitrogens with one attached hydrogen (secondary N) is 1. The van der Waals surface area contributed by atoms with Gasteiger partial charge in [0.25, 0.3) is 5.56 Å². The quantitative estimate of drug-likeness (QED) is 0.772. The Morgan fingerprint density at radius 3 is 2.73 bits per heavy atom. The van der Waals surface area contributed by atoms with Gasteiger partial charge < -0.3 is 10.1 Å². The second-order valence-electron chi connectivity index (χ2n) is 6.93. The van der Waals surface area contributed by atoms with E-state index >= 15 is 0 Å². The van der Waals surface area contributed by atoms with Gasteiger partial charge in [0.2, 0.25) is 5.91 Å². The molecule has 6 heteroatoms. The molecule has 0 spiro atoms. The van der Waals surface area contributed by atoms with Gasteiger partial charge in [0.1, 0.15) is 0 Å². The van der Waals surface area contributed by atoms with Crippen molar-refractivity contribution in [3.05, 3.63) is 40.3 Å². The fraction of sp³-hybridized carbons (Fsp3) is 0.550. The van der Waals surface area contributed by atoms with Crippen LogP contribution in [0.3, 0.4) is 0 Å². The van der Waals surface area contributed by atoms with Crippen molar-refractivity contribution in [3.63, 3.8) is 0 Å². The number of carbonyl (C=O) groups excluding carboxylic acids is 1. The number of aryl methyl sites for hydroxylation is 1. The molecular formula is C20H27N3O3. The molecule has 1 N–H and O–H groups in total. The van der Waals surface area contributed by atoms with E-state index in [-0.39, 0.29) is 17.9 Å². The maximum atomic E-state index is 12.2. The van der Waals surface area contributed by atoms with E-state index in [4.69, 9.17) is 4.74 Å². The topological polar surface area (TPSA) is 73.2 Å². The summed E-state index contributed by atoms with van der Waals surface area (Å²) in [6.45, 7) is 1.28. The summed E-state index contributed by atoms with van der Waals surface area (Å²) in [5, 5.41) is 8.52. The van der Waals surface area contributed by atoms with Crippen LogP contribution in [0.4, 0.5) is 0 Å². The van der Waals surface area contributed by atoms with Crippen molar-refractivity contribution < 1.29 is 9.53 Å². The minimum Gasteiger partial charge on any atom is -0.378 e. The first-order valence-corrected chi connectivity index (χ1v) is 9.48. The zero-order valence-corrected chi connectivity index (χ0v) is 15.4. The van der Waals surface area contributed by atoms with E-state index in [1.807, 2.05) is 18.2 Å². The Kier molecular flexibility index (Phi) is 6.39. The van der Waals surface area contributed by atoms with Gasteiger partial charge in [-0.15, -0.1) is 0 Å². The molecule has 1 aliphatic rings. The second-order valence-corrected chi connectivity index (χ2v) is 6.93. The molecule has 2 aromatic rings. The first-order chi connectivity index (χ1) is 12.6. The highest BCUT2D eigenvalue weighted by atomic mass is 16.5. The highest BCUT2D eigenvalue weighted by molar-refractivity contribution is 5.88. The normalized spacial score (nSPS) is 15.3. The molecule has 6 nitrogen and oxygen atoms in total. The number of benzene rings is 1. The van der Waals surface area contributed by atoms with Gasteiger partial charge in [0.15, 0.2) is 0 Å². The number of hydrogen-bond acceptors (Lipinski definition) is 4. The second kappa shape index (κ2) is 8.94. The third-order valence-electron chi connectivity index (χ3n) is 4.91. The Labute approximate surface area is 153 Å². The fourth-order valence-electron chi connectivity index (χ4n) is 3.50. The number of carbonyl (C=O) groups is 1. The summed E-state index contributed by atoms with van der Waals surface area (Å²) >= 11 is 0. The Balaban J connectivity index is 1.48. The van der Waals surface area contributed by atoms with Gasteiger partial charge in [-0.05, 0) is 25.3 Å². The van der Waals surface area contributed by atoms with E-state index in [0.29, 0.717) is 30.3 Å². The fourth-order valence-corrected chi connectivity index (χ4v) is 3.50. The number of rotatable bonds is 7. The van der Waals surface area contributed by atoms with E-state index in [1.165, 1.54) is 23.9 Å². The van der Waals surface area contributed by atoms with Crippen molar-refractivity contribution in [2.24, 2.45) is 7.05 Å². The van der Waals surface area contributed by atoms with E-state index < -0.39 is 0 Å². The lowest BCUT2D eigenvalue weighted by Crippen LogP contribution is -2.29. The van der Waals surface area contributed by atoms with Crippen LogP contribution in [0.2, 0.25) is 0 Å². The monoisotopic (exact) mass is 357 g/mol. The number of hydrogen-bond donors (Lipinski definition) is 1. The molecule has 0 atom stereocenters. The standard InChI is InChI=1S/C20H27N3O3/c1-23-20(25)17-11-6-5-10-16(17)18(22-23)14-19(24)21-12-7-13-26-15-8-3-2-4-9-15/h5-6,10-11,15H,2-4,7-9,12-14H2,1H3,(H,21,24). The lowest BCUT2D eigenvalue weighted by Gasteiger charge is -2.21. The molecule has 0 bridgehead atoms. The predicted octanol–water partition coefficient (Wildman–Crippen LogP) is 2.33. The van der Waals surface area contributed by atoms with E-state index in [2.05, 4.69) is 10.4 Å². The summed E-state index contributed by atoms with van der Waals surface area (Å²) in [6, 6.07) is 7.28. The molecule has 1 amide bonds. The molecule has 0 aliphatic heterocycles. The zero-order valence-electron chi connectivity index (χ0n) is 15.4. The molecule has 1 aromatic carbocycles.